The third-order valence-electron chi connectivity index (χ3n) is 3.72. The van der Waals surface area contributed by atoms with Crippen molar-refractivity contribution < 1.29 is 9.90 Å². The Morgan fingerprint density at radius 2 is 2.16 bits per heavy atom. The van der Waals surface area contributed by atoms with Crippen LogP contribution in [0.5, 0.6) is 0 Å². The summed E-state index contributed by atoms with van der Waals surface area (Å²) in [5, 5.41) is 10.1. The van der Waals surface area contributed by atoms with Crippen molar-refractivity contribution in [2.45, 2.75) is 31.8 Å². The standard InChI is InChI=1S/C15H18N2O2/c18-15(19)7-8-17(12-5-6-12)10-11-9-16-14-4-2-1-3-13(11)14/h1-4,9,12,16H,5-8,10H2,(H,18,19). The van der Waals surface area contributed by atoms with Crippen molar-refractivity contribution in [2.75, 3.05) is 6.54 Å². The largest absolute Gasteiger partial charge is 0.481 e. The molecule has 4 nitrogen and oxygen atoms in total. The van der Waals surface area contributed by atoms with E-state index in [1.165, 1.54) is 23.8 Å². The quantitative estimate of drug-likeness (QED) is 0.837. The lowest BCUT2D eigenvalue weighted by atomic mass is 10.1. The summed E-state index contributed by atoms with van der Waals surface area (Å²) in [4.78, 5) is 16.3. The van der Waals surface area contributed by atoms with E-state index in [2.05, 4.69) is 22.0 Å². The Bertz CT molecular complexity index is 587. The summed E-state index contributed by atoms with van der Waals surface area (Å²) in [7, 11) is 0. The molecule has 1 heterocycles. The van der Waals surface area contributed by atoms with Gasteiger partial charge in [-0.1, -0.05) is 18.2 Å². The fourth-order valence-corrected chi connectivity index (χ4v) is 2.55. The summed E-state index contributed by atoms with van der Waals surface area (Å²) in [6.07, 6.45) is 4.66. The molecule has 2 aromatic rings. The van der Waals surface area contributed by atoms with E-state index in [1.807, 2.05) is 18.3 Å². The second-order valence-corrected chi connectivity index (χ2v) is 5.20. The molecule has 0 aliphatic heterocycles. The third kappa shape index (κ3) is 2.79. The van der Waals surface area contributed by atoms with Crippen LogP contribution in [0, 0.1) is 0 Å². The lowest BCUT2D eigenvalue weighted by Gasteiger charge is -2.20. The molecule has 1 fully saturated rings. The van der Waals surface area contributed by atoms with Crippen LogP contribution in [0.3, 0.4) is 0 Å². The van der Waals surface area contributed by atoms with Gasteiger partial charge in [0.05, 0.1) is 6.42 Å². The zero-order valence-electron chi connectivity index (χ0n) is 10.8. The van der Waals surface area contributed by atoms with E-state index in [9.17, 15) is 4.79 Å². The van der Waals surface area contributed by atoms with Crippen molar-refractivity contribution in [2.24, 2.45) is 0 Å². The van der Waals surface area contributed by atoms with Crippen molar-refractivity contribution >= 4 is 16.9 Å². The van der Waals surface area contributed by atoms with E-state index in [4.69, 9.17) is 5.11 Å². The lowest BCUT2D eigenvalue weighted by Crippen LogP contribution is -2.28. The van der Waals surface area contributed by atoms with Crippen LogP contribution in [0.25, 0.3) is 10.9 Å². The maximum atomic E-state index is 10.7. The van der Waals surface area contributed by atoms with E-state index in [-0.39, 0.29) is 6.42 Å². The van der Waals surface area contributed by atoms with E-state index in [1.54, 1.807) is 0 Å². The number of aromatic nitrogens is 1. The molecule has 1 saturated carbocycles. The fourth-order valence-electron chi connectivity index (χ4n) is 2.55. The number of nitrogens with one attached hydrogen (secondary N) is 1. The molecule has 0 radical (unpaired) electrons. The molecule has 0 amide bonds. The monoisotopic (exact) mass is 258 g/mol. The fraction of sp³-hybridized carbons (Fsp3) is 0.400. The Hall–Kier alpha value is -1.81. The number of carbonyl (C=O) groups is 1. The number of hydrogen-bond acceptors (Lipinski definition) is 2. The summed E-state index contributed by atoms with van der Waals surface area (Å²) < 4.78 is 0. The zero-order chi connectivity index (χ0) is 13.2. The molecule has 0 spiro atoms. The summed E-state index contributed by atoms with van der Waals surface area (Å²) in [6.45, 7) is 1.47. The van der Waals surface area contributed by atoms with Crippen molar-refractivity contribution in [3.8, 4) is 0 Å². The van der Waals surface area contributed by atoms with Crippen molar-refractivity contribution in [3.63, 3.8) is 0 Å². The van der Waals surface area contributed by atoms with Gasteiger partial charge in [-0.25, -0.2) is 0 Å². The van der Waals surface area contributed by atoms with Crippen molar-refractivity contribution in [3.05, 3.63) is 36.0 Å². The van der Waals surface area contributed by atoms with Gasteiger partial charge in [0, 0.05) is 36.2 Å². The second-order valence-electron chi connectivity index (χ2n) is 5.20. The van der Waals surface area contributed by atoms with Crippen LogP contribution in [0.15, 0.2) is 30.5 Å². The topological polar surface area (TPSA) is 56.3 Å². The molecule has 4 heteroatoms. The third-order valence-corrected chi connectivity index (χ3v) is 3.72. The normalized spacial score (nSPS) is 15.2. The van der Waals surface area contributed by atoms with Crippen LogP contribution in [0.1, 0.15) is 24.8 Å². The van der Waals surface area contributed by atoms with Gasteiger partial charge in [-0.05, 0) is 24.5 Å². The number of benzene rings is 1. The Balaban J connectivity index is 1.75. The summed E-state index contributed by atoms with van der Waals surface area (Å²) in [5.74, 6) is -0.718. The molecule has 100 valence electrons. The number of aromatic amines is 1. The van der Waals surface area contributed by atoms with Gasteiger partial charge in [0.15, 0.2) is 0 Å². The number of nitrogens with zero attached hydrogens (tertiary/aromatic N) is 1. The first-order chi connectivity index (χ1) is 9.24. The number of aliphatic carboxylic acids is 1. The van der Waals surface area contributed by atoms with Gasteiger partial charge in [-0.3, -0.25) is 9.69 Å². The van der Waals surface area contributed by atoms with Gasteiger partial charge in [-0.2, -0.15) is 0 Å². The van der Waals surface area contributed by atoms with E-state index in [0.717, 1.165) is 12.1 Å². The van der Waals surface area contributed by atoms with Crippen LogP contribution in [-0.2, 0) is 11.3 Å². The lowest BCUT2D eigenvalue weighted by molar-refractivity contribution is -0.137. The van der Waals surface area contributed by atoms with E-state index in [0.29, 0.717) is 12.6 Å². The number of H-pyrrole nitrogens is 1. The molecule has 3 rings (SSSR count). The molecule has 0 bridgehead atoms. The number of para-hydroxylation sites is 1. The first kappa shape index (κ1) is 12.2. The number of rotatable bonds is 6. The Morgan fingerprint density at radius 3 is 2.89 bits per heavy atom. The molecule has 1 aromatic carbocycles. The highest BCUT2D eigenvalue weighted by Crippen LogP contribution is 2.30. The predicted molar refractivity (Wildman–Crippen MR) is 74.0 cm³/mol. The molecule has 0 unspecified atom stereocenters. The van der Waals surface area contributed by atoms with Gasteiger partial charge < -0.3 is 10.1 Å². The van der Waals surface area contributed by atoms with Gasteiger partial charge in [0.1, 0.15) is 0 Å². The van der Waals surface area contributed by atoms with Crippen LogP contribution in [-0.4, -0.2) is 33.5 Å². The highest BCUT2D eigenvalue weighted by molar-refractivity contribution is 5.82. The van der Waals surface area contributed by atoms with Crippen molar-refractivity contribution in [1.29, 1.82) is 0 Å². The molecule has 1 aliphatic rings. The van der Waals surface area contributed by atoms with Crippen LogP contribution < -0.4 is 0 Å². The molecule has 0 atom stereocenters. The predicted octanol–water partition coefficient (Wildman–Crippen LogP) is 2.61. The smallest absolute Gasteiger partial charge is 0.304 e. The number of carboxylic acids is 1. The van der Waals surface area contributed by atoms with Gasteiger partial charge in [0.2, 0.25) is 0 Å². The first-order valence-corrected chi connectivity index (χ1v) is 6.75. The Kier molecular flexibility index (Phi) is 3.25. The van der Waals surface area contributed by atoms with Crippen LogP contribution >= 0.6 is 0 Å². The van der Waals surface area contributed by atoms with Crippen molar-refractivity contribution in [1.82, 2.24) is 9.88 Å². The van der Waals surface area contributed by atoms with Crippen LogP contribution in [0.2, 0.25) is 0 Å². The molecule has 2 N–H and O–H groups in total. The van der Waals surface area contributed by atoms with E-state index >= 15 is 0 Å². The maximum absolute atomic E-state index is 10.7. The van der Waals surface area contributed by atoms with Gasteiger partial charge in [0.25, 0.3) is 0 Å². The minimum atomic E-state index is -0.718. The van der Waals surface area contributed by atoms with Gasteiger partial charge >= 0.3 is 5.97 Å². The maximum Gasteiger partial charge on any atom is 0.304 e. The molecule has 19 heavy (non-hydrogen) atoms. The minimum absolute atomic E-state index is 0.221. The number of carboxylic acid groups (broad SMARTS) is 1. The second kappa shape index (κ2) is 5.05. The number of hydrogen-bond donors (Lipinski definition) is 2. The zero-order valence-corrected chi connectivity index (χ0v) is 10.8. The summed E-state index contributed by atoms with van der Waals surface area (Å²) in [5.41, 5.74) is 2.40. The first-order valence-electron chi connectivity index (χ1n) is 6.75. The summed E-state index contributed by atoms with van der Waals surface area (Å²) in [6, 6.07) is 8.82. The Labute approximate surface area is 112 Å². The molecular formula is C15H18N2O2. The number of fused-ring (bicyclic) bond motifs is 1. The molecule has 1 aliphatic carbocycles. The SMILES string of the molecule is O=C(O)CCN(Cc1c[nH]c2ccccc12)C1CC1. The minimum Gasteiger partial charge on any atom is -0.481 e. The average Bonchev–Trinajstić information content (AvgIpc) is 3.17. The molecule has 0 saturated heterocycles. The molecular weight excluding hydrogens is 240 g/mol. The summed E-state index contributed by atoms with van der Waals surface area (Å²) >= 11 is 0. The van der Waals surface area contributed by atoms with E-state index < -0.39 is 5.97 Å². The highest BCUT2D eigenvalue weighted by Gasteiger charge is 2.29. The highest BCUT2D eigenvalue weighted by atomic mass is 16.4. The van der Waals surface area contributed by atoms with Gasteiger partial charge in [-0.15, -0.1) is 0 Å². The Morgan fingerprint density at radius 1 is 1.37 bits per heavy atom. The van der Waals surface area contributed by atoms with Crippen LogP contribution in [0.4, 0.5) is 0 Å². The molecule has 1 aromatic heterocycles. The average molecular weight is 258 g/mol.